The van der Waals surface area contributed by atoms with Gasteiger partial charge in [0.15, 0.2) is 5.82 Å². The zero-order chi connectivity index (χ0) is 11.5. The third-order valence-electron chi connectivity index (χ3n) is 2.34. The van der Waals surface area contributed by atoms with Crippen molar-refractivity contribution in [2.45, 2.75) is 20.4 Å². The summed E-state index contributed by atoms with van der Waals surface area (Å²) in [6.45, 7) is 5.76. The van der Waals surface area contributed by atoms with Crippen LogP contribution >= 0.6 is 0 Å². The van der Waals surface area contributed by atoms with Crippen LogP contribution in [0.2, 0.25) is 0 Å². The van der Waals surface area contributed by atoms with Gasteiger partial charge in [-0.15, -0.1) is 10.2 Å². The van der Waals surface area contributed by atoms with Gasteiger partial charge < -0.3 is 5.32 Å². The van der Waals surface area contributed by atoms with E-state index in [0.29, 0.717) is 0 Å². The summed E-state index contributed by atoms with van der Waals surface area (Å²) in [7, 11) is 1.89. The highest BCUT2D eigenvalue weighted by molar-refractivity contribution is 5.51. The maximum atomic E-state index is 4.33. The molecule has 0 aliphatic carbocycles. The van der Waals surface area contributed by atoms with Crippen molar-refractivity contribution in [3.8, 4) is 11.5 Å². The molecule has 86 valence electrons. The third-order valence-corrected chi connectivity index (χ3v) is 2.34. The molecular weight excluding hydrogens is 204 g/mol. The van der Waals surface area contributed by atoms with E-state index in [-0.39, 0.29) is 0 Å². The van der Waals surface area contributed by atoms with Gasteiger partial charge in [0.2, 0.25) is 5.95 Å². The van der Waals surface area contributed by atoms with Crippen molar-refractivity contribution >= 4 is 5.95 Å². The summed E-state index contributed by atoms with van der Waals surface area (Å²) in [5.41, 5.74) is 0.848. The lowest BCUT2D eigenvalue weighted by Gasteiger charge is -2.06. The van der Waals surface area contributed by atoms with Crippen molar-refractivity contribution in [1.82, 2.24) is 24.5 Å². The molecule has 0 radical (unpaired) electrons. The molecule has 2 aromatic rings. The maximum Gasteiger partial charge on any atom is 0.224 e. The summed E-state index contributed by atoms with van der Waals surface area (Å²) in [4.78, 5) is 0. The second kappa shape index (κ2) is 4.34. The molecule has 0 aliphatic heterocycles. The lowest BCUT2D eigenvalue weighted by molar-refractivity contribution is 0.746. The second-order valence-electron chi connectivity index (χ2n) is 3.50. The summed E-state index contributed by atoms with van der Waals surface area (Å²) < 4.78 is 3.78. The molecule has 2 heterocycles. The molecule has 0 aromatic carbocycles. The van der Waals surface area contributed by atoms with Crippen LogP contribution in [-0.4, -0.2) is 31.1 Å². The lowest BCUT2D eigenvalue weighted by atomic mass is 10.4. The van der Waals surface area contributed by atoms with Gasteiger partial charge in [0, 0.05) is 26.3 Å². The van der Waals surface area contributed by atoms with Crippen molar-refractivity contribution in [3.05, 3.63) is 12.3 Å². The minimum Gasteiger partial charge on any atom is -0.355 e. The minimum absolute atomic E-state index is 0.797. The Balaban J connectivity index is 2.41. The molecule has 0 fully saturated rings. The SMILES string of the molecule is CCNc1nnc(-c2ccn(C)n2)n1CC. The molecule has 0 amide bonds. The van der Waals surface area contributed by atoms with Crippen LogP contribution in [0.3, 0.4) is 0 Å². The summed E-state index contributed by atoms with van der Waals surface area (Å²) in [5, 5.41) is 15.8. The number of hydrogen-bond donors (Lipinski definition) is 1. The van der Waals surface area contributed by atoms with Crippen LogP contribution in [0.5, 0.6) is 0 Å². The van der Waals surface area contributed by atoms with E-state index in [1.165, 1.54) is 0 Å². The quantitative estimate of drug-likeness (QED) is 0.839. The van der Waals surface area contributed by atoms with Gasteiger partial charge in [-0.1, -0.05) is 0 Å². The van der Waals surface area contributed by atoms with Gasteiger partial charge in [0.1, 0.15) is 5.69 Å². The largest absolute Gasteiger partial charge is 0.355 e. The molecule has 6 nitrogen and oxygen atoms in total. The Hall–Kier alpha value is -1.85. The van der Waals surface area contributed by atoms with Crippen LogP contribution < -0.4 is 5.32 Å². The first-order valence-electron chi connectivity index (χ1n) is 5.43. The van der Waals surface area contributed by atoms with E-state index >= 15 is 0 Å². The third kappa shape index (κ3) is 1.78. The van der Waals surface area contributed by atoms with Gasteiger partial charge in [-0.25, -0.2) is 0 Å². The zero-order valence-corrected chi connectivity index (χ0v) is 9.80. The van der Waals surface area contributed by atoms with Gasteiger partial charge in [-0.2, -0.15) is 5.10 Å². The standard InChI is InChI=1S/C10H16N6/c1-4-11-10-13-12-9(16(10)5-2)8-6-7-15(3)14-8/h6-7H,4-5H2,1-3H3,(H,11,13). The van der Waals surface area contributed by atoms with Gasteiger partial charge in [-0.3, -0.25) is 9.25 Å². The highest BCUT2D eigenvalue weighted by Gasteiger charge is 2.13. The lowest BCUT2D eigenvalue weighted by Crippen LogP contribution is -2.07. The van der Waals surface area contributed by atoms with E-state index in [4.69, 9.17) is 0 Å². The Morgan fingerprint density at radius 3 is 2.69 bits per heavy atom. The van der Waals surface area contributed by atoms with Crippen LogP contribution in [-0.2, 0) is 13.6 Å². The fraction of sp³-hybridized carbons (Fsp3) is 0.500. The normalized spacial score (nSPS) is 10.7. The van der Waals surface area contributed by atoms with Crippen molar-refractivity contribution in [1.29, 1.82) is 0 Å². The molecule has 16 heavy (non-hydrogen) atoms. The Bertz CT molecular complexity index is 469. The van der Waals surface area contributed by atoms with Gasteiger partial charge in [0.05, 0.1) is 0 Å². The number of nitrogens with one attached hydrogen (secondary N) is 1. The van der Waals surface area contributed by atoms with E-state index in [2.05, 4.69) is 27.5 Å². The fourth-order valence-electron chi connectivity index (χ4n) is 1.62. The van der Waals surface area contributed by atoms with Crippen LogP contribution in [0, 0.1) is 0 Å². The Morgan fingerprint density at radius 1 is 1.31 bits per heavy atom. The number of aromatic nitrogens is 5. The van der Waals surface area contributed by atoms with E-state index in [9.17, 15) is 0 Å². The van der Waals surface area contributed by atoms with Crippen molar-refractivity contribution in [3.63, 3.8) is 0 Å². The van der Waals surface area contributed by atoms with Crippen LogP contribution in [0.25, 0.3) is 11.5 Å². The van der Waals surface area contributed by atoms with E-state index in [1.807, 2.05) is 30.8 Å². The smallest absolute Gasteiger partial charge is 0.224 e. The molecule has 6 heteroatoms. The van der Waals surface area contributed by atoms with E-state index in [1.54, 1.807) is 4.68 Å². The molecule has 2 rings (SSSR count). The molecule has 2 aromatic heterocycles. The minimum atomic E-state index is 0.797. The van der Waals surface area contributed by atoms with E-state index in [0.717, 1.165) is 30.6 Å². The van der Waals surface area contributed by atoms with Crippen LogP contribution in [0.4, 0.5) is 5.95 Å². The average molecular weight is 220 g/mol. The van der Waals surface area contributed by atoms with E-state index < -0.39 is 0 Å². The summed E-state index contributed by atoms with van der Waals surface area (Å²) in [6, 6.07) is 1.94. The molecule has 0 unspecified atom stereocenters. The molecule has 0 spiro atoms. The highest BCUT2D eigenvalue weighted by atomic mass is 15.4. The Kier molecular flexibility index (Phi) is 2.89. The number of aryl methyl sites for hydroxylation is 1. The topological polar surface area (TPSA) is 60.6 Å². The predicted octanol–water partition coefficient (Wildman–Crippen LogP) is 1.13. The molecule has 0 aliphatic rings. The number of hydrogen-bond acceptors (Lipinski definition) is 4. The highest BCUT2D eigenvalue weighted by Crippen LogP contribution is 2.18. The first kappa shape index (κ1) is 10.7. The van der Waals surface area contributed by atoms with Crippen molar-refractivity contribution < 1.29 is 0 Å². The Labute approximate surface area is 94.3 Å². The first-order valence-corrected chi connectivity index (χ1v) is 5.43. The fourth-order valence-corrected chi connectivity index (χ4v) is 1.62. The summed E-state index contributed by atoms with van der Waals surface area (Å²) in [6.07, 6.45) is 1.90. The van der Waals surface area contributed by atoms with Crippen molar-refractivity contribution in [2.24, 2.45) is 7.05 Å². The maximum absolute atomic E-state index is 4.33. The number of rotatable bonds is 4. The van der Waals surface area contributed by atoms with Gasteiger partial charge in [0.25, 0.3) is 0 Å². The molecule has 0 saturated carbocycles. The Morgan fingerprint density at radius 2 is 2.12 bits per heavy atom. The van der Waals surface area contributed by atoms with Gasteiger partial charge in [-0.05, 0) is 19.9 Å². The van der Waals surface area contributed by atoms with Crippen molar-refractivity contribution in [2.75, 3.05) is 11.9 Å². The molecule has 0 atom stereocenters. The zero-order valence-electron chi connectivity index (χ0n) is 9.80. The molecule has 0 saturated heterocycles. The first-order chi connectivity index (χ1) is 7.76. The van der Waals surface area contributed by atoms with Gasteiger partial charge >= 0.3 is 0 Å². The second-order valence-corrected chi connectivity index (χ2v) is 3.50. The predicted molar refractivity (Wildman–Crippen MR) is 62.1 cm³/mol. The number of anilines is 1. The summed E-state index contributed by atoms with van der Waals surface area (Å²) in [5.74, 6) is 1.60. The summed E-state index contributed by atoms with van der Waals surface area (Å²) >= 11 is 0. The molecular formula is C10H16N6. The monoisotopic (exact) mass is 220 g/mol. The molecule has 0 bridgehead atoms. The average Bonchev–Trinajstić information content (AvgIpc) is 2.85. The molecule has 1 N–H and O–H groups in total. The van der Waals surface area contributed by atoms with Crippen LogP contribution in [0.15, 0.2) is 12.3 Å². The number of nitrogens with zero attached hydrogens (tertiary/aromatic N) is 5. The van der Waals surface area contributed by atoms with Crippen LogP contribution in [0.1, 0.15) is 13.8 Å².